The fourth-order valence-corrected chi connectivity index (χ4v) is 3.69. The SMILES string of the molecule is CC(C)(C)n1ncc2c(=O)[nH]c(N3CCC(NC(=O)c4ccccc4F)CC3)nc21. The molecule has 0 radical (unpaired) electrons. The Kier molecular flexibility index (Phi) is 5.05. The van der Waals surface area contributed by atoms with Crippen LogP contribution in [-0.2, 0) is 5.54 Å². The zero-order valence-corrected chi connectivity index (χ0v) is 17.3. The van der Waals surface area contributed by atoms with Crippen LogP contribution in [0.4, 0.5) is 10.3 Å². The highest BCUT2D eigenvalue weighted by molar-refractivity contribution is 5.94. The fraction of sp³-hybridized carbons (Fsp3) is 0.429. The van der Waals surface area contributed by atoms with Crippen molar-refractivity contribution in [1.82, 2.24) is 25.1 Å². The molecule has 2 aromatic heterocycles. The van der Waals surface area contributed by atoms with Gasteiger partial charge in [-0.1, -0.05) is 12.1 Å². The molecule has 8 nitrogen and oxygen atoms in total. The van der Waals surface area contributed by atoms with Crippen molar-refractivity contribution in [2.24, 2.45) is 0 Å². The van der Waals surface area contributed by atoms with E-state index in [0.717, 1.165) is 0 Å². The average molecular weight is 412 g/mol. The lowest BCUT2D eigenvalue weighted by molar-refractivity contribution is 0.0927. The van der Waals surface area contributed by atoms with Crippen molar-refractivity contribution < 1.29 is 9.18 Å². The van der Waals surface area contributed by atoms with Gasteiger partial charge < -0.3 is 10.2 Å². The monoisotopic (exact) mass is 412 g/mol. The summed E-state index contributed by atoms with van der Waals surface area (Å²) < 4.78 is 15.6. The first-order chi connectivity index (χ1) is 14.2. The number of benzene rings is 1. The van der Waals surface area contributed by atoms with Crippen LogP contribution in [0.3, 0.4) is 0 Å². The number of carbonyl (C=O) groups excluding carboxylic acids is 1. The third-order valence-electron chi connectivity index (χ3n) is 5.31. The fourth-order valence-electron chi connectivity index (χ4n) is 3.69. The van der Waals surface area contributed by atoms with Crippen LogP contribution in [0.5, 0.6) is 0 Å². The number of H-pyrrole nitrogens is 1. The van der Waals surface area contributed by atoms with Crippen LogP contribution in [0.1, 0.15) is 44.0 Å². The lowest BCUT2D eigenvalue weighted by Crippen LogP contribution is -2.45. The molecular formula is C21H25FN6O2. The molecule has 0 atom stereocenters. The Hall–Kier alpha value is -3.23. The van der Waals surface area contributed by atoms with Gasteiger partial charge in [0.15, 0.2) is 5.65 Å². The van der Waals surface area contributed by atoms with Crippen molar-refractivity contribution in [3.05, 3.63) is 52.2 Å². The lowest BCUT2D eigenvalue weighted by atomic mass is 10.0. The van der Waals surface area contributed by atoms with Crippen LogP contribution in [0, 0.1) is 5.82 Å². The van der Waals surface area contributed by atoms with Crippen molar-refractivity contribution in [2.45, 2.75) is 45.2 Å². The van der Waals surface area contributed by atoms with E-state index in [9.17, 15) is 14.0 Å². The van der Waals surface area contributed by atoms with Crippen LogP contribution in [0.15, 0.2) is 35.3 Å². The summed E-state index contributed by atoms with van der Waals surface area (Å²) in [6, 6.07) is 5.88. The van der Waals surface area contributed by atoms with Gasteiger partial charge in [0.2, 0.25) is 5.95 Å². The van der Waals surface area contributed by atoms with E-state index in [2.05, 4.69) is 20.4 Å². The minimum atomic E-state index is -0.530. The highest BCUT2D eigenvalue weighted by Crippen LogP contribution is 2.21. The predicted octanol–water partition coefficient (Wildman–Crippen LogP) is 2.41. The average Bonchev–Trinajstić information content (AvgIpc) is 3.14. The quantitative estimate of drug-likeness (QED) is 0.689. The number of amides is 1. The van der Waals surface area contributed by atoms with Crippen LogP contribution < -0.4 is 15.8 Å². The zero-order valence-electron chi connectivity index (χ0n) is 17.3. The minimum Gasteiger partial charge on any atom is -0.349 e. The molecule has 1 saturated heterocycles. The van der Waals surface area contributed by atoms with Crippen LogP contribution >= 0.6 is 0 Å². The molecular weight excluding hydrogens is 387 g/mol. The predicted molar refractivity (Wildman–Crippen MR) is 112 cm³/mol. The summed E-state index contributed by atoms with van der Waals surface area (Å²) in [5.74, 6) is -0.441. The summed E-state index contributed by atoms with van der Waals surface area (Å²) in [5.41, 5.74) is 0.0765. The van der Waals surface area contributed by atoms with Crippen molar-refractivity contribution in [1.29, 1.82) is 0 Å². The Bertz CT molecular complexity index is 1140. The van der Waals surface area contributed by atoms with Crippen LogP contribution in [0.2, 0.25) is 0 Å². The summed E-state index contributed by atoms with van der Waals surface area (Å²) in [7, 11) is 0. The van der Waals surface area contributed by atoms with E-state index in [1.807, 2.05) is 25.7 Å². The molecule has 3 aromatic rings. The molecule has 0 bridgehead atoms. The first kappa shape index (κ1) is 20.1. The number of aromatic nitrogens is 4. The van der Waals surface area contributed by atoms with E-state index in [0.29, 0.717) is 42.9 Å². The van der Waals surface area contributed by atoms with Gasteiger partial charge in [0.05, 0.1) is 17.3 Å². The van der Waals surface area contributed by atoms with Gasteiger partial charge >= 0.3 is 0 Å². The summed E-state index contributed by atoms with van der Waals surface area (Å²) in [4.78, 5) is 34.4. The summed E-state index contributed by atoms with van der Waals surface area (Å²) in [6.45, 7) is 7.24. The smallest absolute Gasteiger partial charge is 0.263 e. The number of fused-ring (bicyclic) bond motifs is 1. The maximum absolute atomic E-state index is 13.8. The Labute approximate surface area is 173 Å². The third kappa shape index (κ3) is 3.79. The van der Waals surface area contributed by atoms with Crippen molar-refractivity contribution in [3.63, 3.8) is 0 Å². The largest absolute Gasteiger partial charge is 0.349 e. The van der Waals surface area contributed by atoms with E-state index < -0.39 is 11.7 Å². The van der Waals surface area contributed by atoms with Gasteiger partial charge in [-0.2, -0.15) is 10.1 Å². The molecule has 0 aliphatic carbocycles. The summed E-state index contributed by atoms with van der Waals surface area (Å²) >= 11 is 0. The Morgan fingerprint density at radius 3 is 2.60 bits per heavy atom. The molecule has 1 amide bonds. The number of hydrogen-bond acceptors (Lipinski definition) is 5. The van der Waals surface area contributed by atoms with E-state index in [1.54, 1.807) is 23.0 Å². The molecule has 158 valence electrons. The van der Waals surface area contributed by atoms with E-state index in [1.165, 1.54) is 12.1 Å². The number of carbonyl (C=O) groups is 1. The number of nitrogens with one attached hydrogen (secondary N) is 2. The molecule has 1 aliphatic rings. The third-order valence-corrected chi connectivity index (χ3v) is 5.31. The highest BCUT2D eigenvalue weighted by atomic mass is 19.1. The molecule has 0 spiro atoms. The number of nitrogens with zero attached hydrogens (tertiary/aromatic N) is 4. The molecule has 9 heteroatoms. The Balaban J connectivity index is 1.48. The number of halogens is 1. The molecule has 1 aliphatic heterocycles. The number of rotatable bonds is 3. The zero-order chi connectivity index (χ0) is 21.5. The van der Waals surface area contributed by atoms with E-state index in [4.69, 9.17) is 0 Å². The van der Waals surface area contributed by atoms with Gasteiger partial charge in [-0.25, -0.2) is 9.07 Å². The normalized spacial score (nSPS) is 15.5. The minimum absolute atomic E-state index is 0.0480. The van der Waals surface area contributed by atoms with Crippen LogP contribution in [0.25, 0.3) is 11.0 Å². The van der Waals surface area contributed by atoms with Gasteiger partial charge in [-0.3, -0.25) is 14.6 Å². The van der Waals surface area contributed by atoms with Crippen molar-refractivity contribution in [2.75, 3.05) is 18.0 Å². The maximum Gasteiger partial charge on any atom is 0.263 e. The number of aromatic amines is 1. The maximum atomic E-state index is 13.8. The molecule has 1 fully saturated rings. The van der Waals surface area contributed by atoms with Crippen molar-refractivity contribution in [3.8, 4) is 0 Å². The molecule has 1 aromatic carbocycles. The Morgan fingerprint density at radius 1 is 1.23 bits per heavy atom. The van der Waals surface area contributed by atoms with Gasteiger partial charge in [0.25, 0.3) is 11.5 Å². The second-order valence-electron chi connectivity index (χ2n) is 8.57. The van der Waals surface area contributed by atoms with Crippen molar-refractivity contribution >= 4 is 22.9 Å². The number of hydrogen-bond donors (Lipinski definition) is 2. The van der Waals surface area contributed by atoms with Gasteiger partial charge in [-0.05, 0) is 45.7 Å². The summed E-state index contributed by atoms with van der Waals surface area (Å²) in [6.07, 6.45) is 2.88. The van der Waals surface area contributed by atoms with Crippen LogP contribution in [-0.4, -0.2) is 44.8 Å². The highest BCUT2D eigenvalue weighted by Gasteiger charge is 2.25. The topological polar surface area (TPSA) is 95.9 Å². The first-order valence-electron chi connectivity index (χ1n) is 10.0. The molecule has 0 unspecified atom stereocenters. The molecule has 0 saturated carbocycles. The number of anilines is 1. The van der Waals surface area contributed by atoms with Gasteiger partial charge in [0.1, 0.15) is 11.2 Å². The van der Waals surface area contributed by atoms with Gasteiger partial charge in [-0.15, -0.1) is 0 Å². The summed E-state index contributed by atoms with van der Waals surface area (Å²) in [5, 5.41) is 7.69. The molecule has 3 heterocycles. The number of piperidine rings is 1. The molecule has 30 heavy (non-hydrogen) atoms. The molecule has 4 rings (SSSR count). The van der Waals surface area contributed by atoms with E-state index in [-0.39, 0.29) is 22.7 Å². The standard InChI is InChI=1S/C21H25FN6O2/c1-21(2,3)28-17-15(12-23-28)19(30)26-20(25-17)27-10-8-13(9-11-27)24-18(29)14-6-4-5-7-16(14)22/h4-7,12-13H,8-11H2,1-3H3,(H,24,29)(H,25,26,30). The van der Waals surface area contributed by atoms with Gasteiger partial charge in [0, 0.05) is 19.1 Å². The first-order valence-corrected chi connectivity index (χ1v) is 10.0. The molecule has 2 N–H and O–H groups in total. The Morgan fingerprint density at radius 2 is 1.93 bits per heavy atom. The lowest BCUT2D eigenvalue weighted by Gasteiger charge is -2.32. The second-order valence-corrected chi connectivity index (χ2v) is 8.57. The van der Waals surface area contributed by atoms with E-state index >= 15 is 0 Å². The second kappa shape index (κ2) is 7.55.